The van der Waals surface area contributed by atoms with Crippen molar-refractivity contribution in [1.82, 2.24) is 0 Å². The summed E-state index contributed by atoms with van der Waals surface area (Å²) >= 11 is 5.58. The predicted molar refractivity (Wildman–Crippen MR) is 132 cm³/mol. The molecule has 0 saturated heterocycles. The van der Waals surface area contributed by atoms with E-state index in [4.69, 9.17) is 16.7 Å². The molecule has 38 heavy (non-hydrogen) atoms. The molecule has 0 saturated carbocycles. The Kier molecular flexibility index (Phi) is 7.73. The van der Waals surface area contributed by atoms with Gasteiger partial charge in [0.25, 0.3) is 0 Å². The Morgan fingerprint density at radius 3 is 2.13 bits per heavy atom. The molecular weight excluding hydrogens is 550 g/mol. The van der Waals surface area contributed by atoms with Gasteiger partial charge in [0.15, 0.2) is 29.1 Å². The van der Waals surface area contributed by atoms with Crippen LogP contribution >= 0.6 is 11.6 Å². The summed E-state index contributed by atoms with van der Waals surface area (Å²) in [6, 6.07) is 11.2. The predicted octanol–water partition coefficient (Wildman–Crippen LogP) is 4.52. The summed E-state index contributed by atoms with van der Waals surface area (Å²) in [5.74, 6) is -9.48. The van der Waals surface area contributed by atoms with Crippen molar-refractivity contribution in [3.05, 3.63) is 99.0 Å². The van der Waals surface area contributed by atoms with Crippen molar-refractivity contribution >= 4 is 44.8 Å². The highest BCUT2D eigenvalue weighted by molar-refractivity contribution is 7.97. The number of alkyl halides is 1. The van der Waals surface area contributed by atoms with Crippen molar-refractivity contribution in [2.45, 2.75) is 4.90 Å². The van der Waals surface area contributed by atoms with Gasteiger partial charge in [0.05, 0.1) is 17.1 Å². The maximum absolute atomic E-state index is 15.0. The first-order valence-electron chi connectivity index (χ1n) is 11.1. The Morgan fingerprint density at radius 2 is 1.55 bits per heavy atom. The quantitative estimate of drug-likeness (QED) is 0.141. The smallest absolute Gasteiger partial charge is 0.211 e. The summed E-state index contributed by atoms with van der Waals surface area (Å²) in [6.45, 7) is -1.27. The second kappa shape index (κ2) is 10.7. The Hall–Kier alpha value is -3.54. The number of carbonyl (C=O) groups excluding carboxylic acids is 2. The van der Waals surface area contributed by atoms with E-state index in [1.807, 2.05) is 0 Å². The maximum atomic E-state index is 15.0. The molecule has 6 nitrogen and oxygen atoms in total. The number of allylic oxidation sites excluding steroid dienone is 1. The van der Waals surface area contributed by atoms with Crippen LogP contribution in [0.5, 0.6) is 0 Å². The molecular formula is C26H18ClF4NO5S. The molecule has 0 radical (unpaired) electrons. The zero-order valence-corrected chi connectivity index (χ0v) is 20.9. The zero-order chi connectivity index (χ0) is 27.8. The standard InChI is InChI=1S/C26H18ClF4NO5S/c27-8-9-32(10-11-33)24-22(30)20(28)17(21(29)23(24)31)13-19-26(35)16-12-15(6-7-18(16)38(19,36)37)25(34)14-4-2-1-3-5-14/h1-7,12-13,33H,8-11H2/b19-13-. The number of sulfone groups is 1. The number of rotatable bonds is 8. The molecule has 0 amide bonds. The van der Waals surface area contributed by atoms with Crippen LogP contribution in [-0.4, -0.2) is 50.7 Å². The molecule has 0 fully saturated rings. The van der Waals surface area contributed by atoms with Crippen molar-refractivity contribution < 1.29 is 40.7 Å². The first-order valence-corrected chi connectivity index (χ1v) is 13.1. The summed E-state index contributed by atoms with van der Waals surface area (Å²) < 4.78 is 85.7. The molecule has 4 rings (SSSR count). The number of benzene rings is 3. The third-order valence-electron chi connectivity index (χ3n) is 5.92. The fourth-order valence-corrected chi connectivity index (χ4v) is 5.84. The lowest BCUT2D eigenvalue weighted by Gasteiger charge is -2.24. The van der Waals surface area contributed by atoms with E-state index in [1.54, 1.807) is 18.2 Å². The minimum atomic E-state index is -4.64. The molecule has 0 aromatic heterocycles. The van der Waals surface area contributed by atoms with Crippen LogP contribution < -0.4 is 4.90 Å². The van der Waals surface area contributed by atoms with Crippen LogP contribution in [-0.2, 0) is 9.84 Å². The van der Waals surface area contributed by atoms with Gasteiger partial charge in [0.1, 0.15) is 10.6 Å². The van der Waals surface area contributed by atoms with Gasteiger partial charge in [0.2, 0.25) is 15.6 Å². The molecule has 0 atom stereocenters. The second-order valence-electron chi connectivity index (χ2n) is 8.17. The van der Waals surface area contributed by atoms with Crippen molar-refractivity contribution in [2.24, 2.45) is 0 Å². The summed E-state index contributed by atoms with van der Waals surface area (Å²) in [7, 11) is -4.64. The number of nitrogens with zero attached hydrogens (tertiary/aromatic N) is 1. The lowest BCUT2D eigenvalue weighted by Crippen LogP contribution is -2.31. The van der Waals surface area contributed by atoms with Gasteiger partial charge in [-0.2, -0.15) is 0 Å². The zero-order valence-electron chi connectivity index (χ0n) is 19.4. The molecule has 0 unspecified atom stereocenters. The van der Waals surface area contributed by atoms with Crippen molar-refractivity contribution in [1.29, 1.82) is 0 Å². The minimum absolute atomic E-state index is 0.0122. The second-order valence-corrected chi connectivity index (χ2v) is 10.4. The number of ketones is 2. The molecule has 1 aliphatic heterocycles. The van der Waals surface area contributed by atoms with E-state index in [0.717, 1.165) is 17.0 Å². The van der Waals surface area contributed by atoms with Crippen LogP contribution in [0.4, 0.5) is 23.2 Å². The third-order valence-corrected chi connectivity index (χ3v) is 7.90. The van der Waals surface area contributed by atoms with E-state index < -0.39 is 84.4 Å². The van der Waals surface area contributed by atoms with Crippen LogP contribution in [0.1, 0.15) is 31.8 Å². The Labute approximate surface area is 219 Å². The van der Waals surface area contributed by atoms with Gasteiger partial charge in [-0.1, -0.05) is 30.3 Å². The van der Waals surface area contributed by atoms with Gasteiger partial charge < -0.3 is 10.0 Å². The number of carbonyl (C=O) groups is 2. The van der Waals surface area contributed by atoms with Gasteiger partial charge in [-0.3, -0.25) is 9.59 Å². The van der Waals surface area contributed by atoms with E-state index in [0.29, 0.717) is 0 Å². The van der Waals surface area contributed by atoms with Crippen molar-refractivity contribution in [3.8, 4) is 0 Å². The van der Waals surface area contributed by atoms with E-state index in [9.17, 15) is 35.6 Å². The largest absolute Gasteiger partial charge is 0.395 e. The monoisotopic (exact) mass is 567 g/mol. The Balaban J connectivity index is 1.82. The number of aliphatic hydroxyl groups excluding tert-OH is 1. The molecule has 0 spiro atoms. The lowest BCUT2D eigenvalue weighted by atomic mass is 9.99. The number of anilines is 1. The van der Waals surface area contributed by atoms with Gasteiger partial charge in [-0.15, -0.1) is 11.6 Å². The van der Waals surface area contributed by atoms with Gasteiger partial charge in [-0.25, -0.2) is 26.0 Å². The number of fused-ring (bicyclic) bond motifs is 1. The summed E-state index contributed by atoms with van der Waals surface area (Å²) in [4.78, 5) is 24.9. The molecule has 12 heteroatoms. The average molecular weight is 568 g/mol. The Bertz CT molecular complexity index is 1560. The summed E-state index contributed by atoms with van der Waals surface area (Å²) in [5.41, 5.74) is -2.71. The Morgan fingerprint density at radius 1 is 0.921 bits per heavy atom. The normalized spacial score (nSPS) is 15.1. The van der Waals surface area contributed by atoms with E-state index in [1.165, 1.54) is 18.2 Å². The fraction of sp³-hybridized carbons (Fsp3) is 0.154. The summed E-state index contributed by atoms with van der Waals surface area (Å²) in [5, 5.41) is 9.13. The number of halogens is 5. The van der Waals surface area contributed by atoms with Crippen molar-refractivity contribution in [3.63, 3.8) is 0 Å². The highest BCUT2D eigenvalue weighted by Gasteiger charge is 2.40. The third kappa shape index (κ3) is 4.61. The highest BCUT2D eigenvalue weighted by Crippen LogP contribution is 2.38. The molecule has 3 aromatic rings. The molecule has 1 aliphatic rings. The molecule has 1 heterocycles. The lowest BCUT2D eigenvalue weighted by molar-refractivity contribution is 0.103. The summed E-state index contributed by atoms with van der Waals surface area (Å²) in [6.07, 6.45) is 0.231. The molecule has 1 N–H and O–H groups in total. The molecule has 0 aliphatic carbocycles. The number of hydrogen-bond donors (Lipinski definition) is 1. The SMILES string of the molecule is O=C(c1ccccc1)c1ccc2c(c1)C(=O)/C(=C/c1c(F)c(F)c(N(CCO)CCCl)c(F)c1F)S2(=O)=O. The van der Waals surface area contributed by atoms with Gasteiger partial charge in [-0.05, 0) is 24.3 Å². The minimum Gasteiger partial charge on any atom is -0.395 e. The van der Waals surface area contributed by atoms with Crippen LogP contribution in [0.3, 0.4) is 0 Å². The van der Waals surface area contributed by atoms with E-state index in [2.05, 4.69) is 0 Å². The number of hydrogen-bond acceptors (Lipinski definition) is 6. The van der Waals surface area contributed by atoms with Crippen molar-refractivity contribution in [2.75, 3.05) is 30.5 Å². The fourth-order valence-electron chi connectivity index (χ4n) is 4.09. The maximum Gasteiger partial charge on any atom is 0.211 e. The average Bonchev–Trinajstić information content (AvgIpc) is 3.10. The number of aliphatic hydroxyl groups is 1. The molecule has 0 bridgehead atoms. The first-order chi connectivity index (χ1) is 18.0. The van der Waals surface area contributed by atoms with Crippen LogP contribution in [0, 0.1) is 23.3 Å². The molecule has 198 valence electrons. The topological polar surface area (TPSA) is 91.8 Å². The highest BCUT2D eigenvalue weighted by atomic mass is 35.5. The number of Topliss-reactive ketones (excluding diaryl/α,β-unsaturated/α-hetero) is 1. The van der Waals surface area contributed by atoms with E-state index in [-0.39, 0.29) is 29.6 Å². The van der Waals surface area contributed by atoms with Crippen LogP contribution in [0.25, 0.3) is 6.08 Å². The van der Waals surface area contributed by atoms with Gasteiger partial charge >= 0.3 is 0 Å². The molecule has 3 aromatic carbocycles. The first kappa shape index (κ1) is 27.5. The van der Waals surface area contributed by atoms with Gasteiger partial charge in [0, 0.05) is 35.7 Å². The van der Waals surface area contributed by atoms with E-state index >= 15 is 0 Å². The van der Waals surface area contributed by atoms with Crippen LogP contribution in [0.2, 0.25) is 0 Å². The van der Waals surface area contributed by atoms with Crippen LogP contribution in [0.15, 0.2) is 58.3 Å².